The molecule has 0 bridgehead atoms. The average Bonchev–Trinajstić information content (AvgIpc) is 2.75. The number of esters is 1. The number of hydrogen-bond acceptors (Lipinski definition) is 7. The molecule has 0 heterocycles. The van der Waals surface area contributed by atoms with Crippen molar-refractivity contribution in [1.82, 2.24) is 0 Å². The van der Waals surface area contributed by atoms with E-state index >= 15 is 0 Å². The third-order valence-corrected chi connectivity index (χ3v) is 6.94. The molecule has 0 radical (unpaired) electrons. The van der Waals surface area contributed by atoms with Gasteiger partial charge in [0, 0.05) is 45.1 Å². The normalized spacial score (nSPS) is 13.5. The summed E-state index contributed by atoms with van der Waals surface area (Å²) in [4.78, 5) is 11.1. The maximum atomic E-state index is 11.1. The zero-order valence-electron chi connectivity index (χ0n) is 18.5. The van der Waals surface area contributed by atoms with E-state index in [9.17, 15) is 4.79 Å². The Morgan fingerprint density at radius 2 is 1.67 bits per heavy atom. The number of carbonyl (C=O) groups is 1. The van der Waals surface area contributed by atoms with Gasteiger partial charge in [-0.3, -0.25) is 0 Å². The van der Waals surface area contributed by atoms with Gasteiger partial charge in [0.25, 0.3) is 5.97 Å². The summed E-state index contributed by atoms with van der Waals surface area (Å²) in [6.45, 7) is 14.0. The Hall–Kier alpha value is -1.81. The topological polar surface area (TPSA) is 72.5 Å². The van der Waals surface area contributed by atoms with E-state index in [1.165, 1.54) is 0 Å². The van der Waals surface area contributed by atoms with Crippen LogP contribution in [-0.2, 0) is 32.3 Å². The largest absolute Gasteiger partial charge is 0.540 e. The SMILES string of the molecule is C=CC(=O)OCCCCO[Si](OC)(OC(C)(OCC)OCC)c1ccc(C=C)cc1. The number of rotatable bonds is 16. The van der Waals surface area contributed by atoms with Crippen molar-refractivity contribution in [1.29, 1.82) is 0 Å². The summed E-state index contributed by atoms with van der Waals surface area (Å²) in [5, 5.41) is 0.777. The molecule has 0 N–H and O–H groups in total. The molecule has 1 atom stereocenters. The smallest absolute Gasteiger partial charge is 0.463 e. The average molecular weight is 439 g/mol. The van der Waals surface area contributed by atoms with E-state index < -0.39 is 20.7 Å². The van der Waals surface area contributed by atoms with Crippen molar-refractivity contribution in [3.8, 4) is 0 Å². The summed E-state index contributed by atoms with van der Waals surface area (Å²) in [6, 6.07) is 7.64. The summed E-state index contributed by atoms with van der Waals surface area (Å²) >= 11 is 0. The predicted octanol–water partition coefficient (Wildman–Crippen LogP) is 3.41. The van der Waals surface area contributed by atoms with E-state index in [-0.39, 0.29) is 0 Å². The van der Waals surface area contributed by atoms with E-state index in [2.05, 4.69) is 13.2 Å². The molecule has 0 saturated carbocycles. The summed E-state index contributed by atoms with van der Waals surface area (Å²) in [6.07, 6.45) is 4.19. The second-order valence-electron chi connectivity index (χ2n) is 6.34. The van der Waals surface area contributed by atoms with Gasteiger partial charge >= 0.3 is 14.8 Å². The fourth-order valence-electron chi connectivity index (χ4n) is 2.72. The van der Waals surface area contributed by atoms with Crippen LogP contribution < -0.4 is 5.19 Å². The first-order valence-corrected chi connectivity index (χ1v) is 11.8. The van der Waals surface area contributed by atoms with E-state index in [1.807, 2.05) is 38.1 Å². The Labute approximate surface area is 180 Å². The molecule has 168 valence electrons. The van der Waals surface area contributed by atoms with E-state index in [1.54, 1.807) is 20.1 Å². The summed E-state index contributed by atoms with van der Waals surface area (Å²) < 4.78 is 34.8. The molecule has 30 heavy (non-hydrogen) atoms. The predicted molar refractivity (Wildman–Crippen MR) is 118 cm³/mol. The van der Waals surface area contributed by atoms with Crippen LogP contribution in [0.25, 0.3) is 6.08 Å². The van der Waals surface area contributed by atoms with Crippen LogP contribution in [0, 0.1) is 0 Å². The molecular formula is C22H34O7Si. The Bertz CT molecular complexity index is 656. The number of carbonyl (C=O) groups excluding carboxylic acids is 1. The molecule has 1 rings (SSSR count). The van der Waals surface area contributed by atoms with E-state index in [0.29, 0.717) is 39.3 Å². The fraction of sp³-hybridized carbons (Fsp3) is 0.500. The lowest BCUT2D eigenvalue weighted by molar-refractivity contribution is -0.343. The highest BCUT2D eigenvalue weighted by atomic mass is 28.4. The van der Waals surface area contributed by atoms with E-state index in [4.69, 9.17) is 27.5 Å². The standard InChI is InChI=1S/C22H34O7Si/c1-7-19-13-15-20(16-14-19)30(24-6,29-22(5,26-9-3)27-10-4)28-18-12-11-17-25-21(23)8-2/h7-8,13-16H,1-2,9-12,17-18H2,3-6H3. The Morgan fingerprint density at radius 1 is 1.07 bits per heavy atom. The molecule has 0 aliphatic rings. The molecule has 8 heteroatoms. The highest BCUT2D eigenvalue weighted by molar-refractivity contribution is 6.75. The van der Waals surface area contributed by atoms with Crippen molar-refractivity contribution < 1.29 is 32.3 Å². The minimum absolute atomic E-state index is 0.292. The first kappa shape index (κ1) is 26.2. The fourth-order valence-corrected chi connectivity index (χ4v) is 5.10. The molecule has 1 aromatic carbocycles. The second kappa shape index (κ2) is 13.5. The zero-order valence-corrected chi connectivity index (χ0v) is 19.5. The van der Waals surface area contributed by atoms with Gasteiger partial charge in [-0.2, -0.15) is 0 Å². The highest BCUT2D eigenvalue weighted by Crippen LogP contribution is 2.23. The summed E-state index contributed by atoms with van der Waals surface area (Å²) in [7, 11) is -1.83. The lowest BCUT2D eigenvalue weighted by Crippen LogP contribution is -2.61. The molecule has 0 aromatic heterocycles. The van der Waals surface area contributed by atoms with Crippen molar-refractivity contribution in [2.45, 2.75) is 39.6 Å². The first-order valence-electron chi connectivity index (χ1n) is 10.1. The van der Waals surface area contributed by atoms with Gasteiger partial charge in [-0.25, -0.2) is 4.79 Å². The Kier molecular flexibility index (Phi) is 11.8. The van der Waals surface area contributed by atoms with Crippen LogP contribution in [0.3, 0.4) is 0 Å². The minimum atomic E-state index is -3.39. The molecule has 7 nitrogen and oxygen atoms in total. The van der Waals surface area contributed by atoms with Crippen LogP contribution in [0.5, 0.6) is 0 Å². The van der Waals surface area contributed by atoms with Crippen LogP contribution in [-0.4, -0.2) is 54.3 Å². The maximum Gasteiger partial charge on any atom is 0.540 e. The van der Waals surface area contributed by atoms with Gasteiger partial charge in [0.15, 0.2) is 0 Å². The molecule has 0 spiro atoms. The Balaban J connectivity index is 2.99. The lowest BCUT2D eigenvalue weighted by Gasteiger charge is -2.37. The van der Waals surface area contributed by atoms with Crippen molar-refractivity contribution in [3.05, 3.63) is 49.1 Å². The number of hydrogen-bond donors (Lipinski definition) is 0. The molecular weight excluding hydrogens is 404 g/mol. The van der Waals surface area contributed by atoms with Crippen molar-refractivity contribution in [2.75, 3.05) is 33.5 Å². The van der Waals surface area contributed by atoms with Gasteiger partial charge in [-0.1, -0.05) is 43.5 Å². The van der Waals surface area contributed by atoms with Crippen molar-refractivity contribution in [2.24, 2.45) is 0 Å². The number of unbranched alkanes of at least 4 members (excludes halogenated alkanes) is 1. The second-order valence-corrected chi connectivity index (χ2v) is 8.93. The summed E-state index contributed by atoms with van der Waals surface area (Å²) in [5.41, 5.74) is 0.971. The quantitative estimate of drug-likeness (QED) is 0.129. The Morgan fingerprint density at radius 3 is 2.17 bits per heavy atom. The molecule has 0 aliphatic carbocycles. The van der Waals surface area contributed by atoms with Crippen molar-refractivity contribution >= 4 is 26.0 Å². The highest BCUT2D eigenvalue weighted by Gasteiger charge is 2.50. The molecule has 1 aromatic rings. The molecule has 0 amide bonds. The molecule has 0 saturated heterocycles. The molecule has 0 aliphatic heterocycles. The van der Waals surface area contributed by atoms with E-state index in [0.717, 1.165) is 16.8 Å². The first-order chi connectivity index (χ1) is 14.4. The third-order valence-electron chi connectivity index (χ3n) is 4.14. The lowest BCUT2D eigenvalue weighted by atomic mass is 10.2. The number of ether oxygens (including phenoxy) is 3. The number of benzene rings is 1. The monoisotopic (exact) mass is 438 g/mol. The van der Waals surface area contributed by atoms with Crippen LogP contribution >= 0.6 is 0 Å². The van der Waals surface area contributed by atoms with Crippen LogP contribution in [0.15, 0.2) is 43.5 Å². The van der Waals surface area contributed by atoms with Crippen LogP contribution in [0.2, 0.25) is 0 Å². The van der Waals surface area contributed by atoms with Gasteiger partial charge in [-0.05, 0) is 32.3 Å². The van der Waals surface area contributed by atoms with Gasteiger partial charge in [0.1, 0.15) is 0 Å². The molecule has 1 unspecified atom stereocenters. The van der Waals surface area contributed by atoms with Crippen molar-refractivity contribution in [3.63, 3.8) is 0 Å². The summed E-state index contributed by atoms with van der Waals surface area (Å²) in [5.74, 6) is -1.76. The zero-order chi connectivity index (χ0) is 22.5. The van der Waals surface area contributed by atoms with Gasteiger partial charge in [0.05, 0.1) is 6.61 Å². The minimum Gasteiger partial charge on any atom is -0.463 e. The van der Waals surface area contributed by atoms with Gasteiger partial charge in [0.2, 0.25) is 0 Å². The third kappa shape index (κ3) is 8.14. The van der Waals surface area contributed by atoms with Gasteiger partial charge < -0.3 is 27.5 Å². The van der Waals surface area contributed by atoms with Gasteiger partial charge in [-0.15, -0.1) is 0 Å². The maximum absolute atomic E-state index is 11.1. The van der Waals surface area contributed by atoms with Crippen LogP contribution in [0.1, 0.15) is 39.2 Å². The molecule has 0 fully saturated rings. The van der Waals surface area contributed by atoms with Crippen LogP contribution in [0.4, 0.5) is 0 Å².